The van der Waals surface area contributed by atoms with Crippen LogP contribution in [0.15, 0.2) is 0 Å². The average molecular weight is 529 g/mol. The number of rotatable bonds is 2. The van der Waals surface area contributed by atoms with Crippen molar-refractivity contribution in [1.82, 2.24) is 10.6 Å². The molecule has 200 valence electrons. The first-order chi connectivity index (χ1) is 15.2. The van der Waals surface area contributed by atoms with Crippen LogP contribution in [0.4, 0.5) is 9.59 Å². The van der Waals surface area contributed by atoms with E-state index in [0.29, 0.717) is 12.8 Å². The molecule has 2 amide bonds. The fourth-order valence-corrected chi connectivity index (χ4v) is 6.50. The minimum Gasteiger partial charge on any atom is -0.444 e. The Morgan fingerprint density at radius 1 is 0.706 bits per heavy atom. The van der Waals surface area contributed by atoms with Crippen molar-refractivity contribution in [1.29, 1.82) is 0 Å². The predicted octanol–water partition coefficient (Wildman–Crippen LogP) is 0.0510. The Kier molecular flexibility index (Phi) is 10.2. The molecule has 0 radical (unpaired) electrons. The zero-order valence-electron chi connectivity index (χ0n) is 20.8. The lowest BCUT2D eigenvalue weighted by Gasteiger charge is -2.30. The van der Waals surface area contributed by atoms with E-state index >= 15 is 0 Å². The summed E-state index contributed by atoms with van der Waals surface area (Å²) in [6, 6.07) is -1.82. The van der Waals surface area contributed by atoms with E-state index in [4.69, 9.17) is 20.9 Å². The lowest BCUT2D eigenvalue weighted by molar-refractivity contribution is 0.0484. The van der Waals surface area contributed by atoms with Gasteiger partial charge in [-0.05, 0) is 54.4 Å². The highest BCUT2D eigenvalue weighted by molar-refractivity contribution is 7.91. The fraction of sp³-hybridized carbons (Fsp3) is 0.900. The second-order valence-corrected chi connectivity index (χ2v) is 15.1. The number of carbonyl (C=O) groups excluding carboxylic acids is 2. The predicted molar refractivity (Wildman–Crippen MR) is 129 cm³/mol. The van der Waals surface area contributed by atoms with Crippen LogP contribution in [0, 0.1) is 0 Å². The molecule has 0 aromatic carbocycles. The summed E-state index contributed by atoms with van der Waals surface area (Å²) in [6.45, 7) is 10.6. The van der Waals surface area contributed by atoms with E-state index in [9.17, 15) is 26.4 Å². The highest BCUT2D eigenvalue weighted by Gasteiger charge is 2.33. The third-order valence-electron chi connectivity index (χ3n) is 4.81. The van der Waals surface area contributed by atoms with Crippen molar-refractivity contribution < 1.29 is 35.9 Å². The van der Waals surface area contributed by atoms with E-state index in [1.165, 1.54) is 0 Å². The number of nitrogens with two attached hydrogens (primary N) is 2. The van der Waals surface area contributed by atoms with Gasteiger partial charge in [0.2, 0.25) is 0 Å². The molecule has 0 saturated carbocycles. The van der Waals surface area contributed by atoms with Gasteiger partial charge in [-0.2, -0.15) is 0 Å². The summed E-state index contributed by atoms with van der Waals surface area (Å²) >= 11 is 0. The molecule has 6 N–H and O–H groups in total. The SMILES string of the molecule is CC(C)(C)OC(=O)N[C@@H]1CCS(=O)(=O)C[C@H]1N.CC(C)(C)OC(=O)N[C@H]1CCS(=O)(=O)C[C@H]1N. The number of ether oxygens (including phenoxy) is 2. The molecule has 12 nitrogen and oxygen atoms in total. The van der Waals surface area contributed by atoms with E-state index in [0.717, 1.165) is 0 Å². The number of nitrogens with one attached hydrogen (secondary N) is 2. The number of hydrogen-bond acceptors (Lipinski definition) is 10. The summed E-state index contributed by atoms with van der Waals surface area (Å²) in [4.78, 5) is 23.0. The summed E-state index contributed by atoms with van der Waals surface area (Å²) < 4.78 is 55.4. The summed E-state index contributed by atoms with van der Waals surface area (Å²) in [7, 11) is -6.11. The molecule has 0 aromatic heterocycles. The van der Waals surface area contributed by atoms with Gasteiger partial charge in [-0.3, -0.25) is 0 Å². The number of hydrogen-bond donors (Lipinski definition) is 4. The first-order valence-electron chi connectivity index (χ1n) is 11.1. The maximum atomic E-state index is 11.5. The van der Waals surface area contributed by atoms with Crippen molar-refractivity contribution in [3.05, 3.63) is 0 Å². The highest BCUT2D eigenvalue weighted by atomic mass is 32.2. The first-order valence-corrected chi connectivity index (χ1v) is 14.7. The normalized spacial score (nSPS) is 28.5. The molecule has 2 rings (SSSR count). The van der Waals surface area contributed by atoms with Gasteiger partial charge >= 0.3 is 12.2 Å². The zero-order chi connectivity index (χ0) is 26.5. The summed E-state index contributed by atoms with van der Waals surface area (Å²) in [5.74, 6) is -0.0662. The van der Waals surface area contributed by atoms with Gasteiger partial charge in [0.25, 0.3) is 0 Å². The minimum atomic E-state index is -3.05. The van der Waals surface area contributed by atoms with Crippen LogP contribution in [-0.2, 0) is 29.1 Å². The second-order valence-electron chi connectivity index (χ2n) is 10.6. The molecular weight excluding hydrogens is 488 g/mol. The molecule has 0 unspecified atom stereocenters. The first kappa shape index (κ1) is 30.4. The molecule has 0 spiro atoms. The maximum Gasteiger partial charge on any atom is 0.407 e. The lowest BCUT2D eigenvalue weighted by atomic mass is 10.1. The van der Waals surface area contributed by atoms with Gasteiger partial charge < -0.3 is 31.6 Å². The van der Waals surface area contributed by atoms with Gasteiger partial charge in [0.05, 0.1) is 23.0 Å². The Hall–Kier alpha value is -1.64. The molecule has 2 fully saturated rings. The van der Waals surface area contributed by atoms with E-state index in [1.54, 1.807) is 41.5 Å². The van der Waals surface area contributed by atoms with Crippen LogP contribution in [-0.4, -0.2) is 87.4 Å². The molecule has 0 bridgehead atoms. The van der Waals surface area contributed by atoms with Crippen molar-refractivity contribution in [2.24, 2.45) is 11.5 Å². The van der Waals surface area contributed by atoms with Crippen molar-refractivity contribution >= 4 is 31.9 Å². The third kappa shape index (κ3) is 12.2. The Morgan fingerprint density at radius 2 is 1.00 bits per heavy atom. The largest absolute Gasteiger partial charge is 0.444 e. The van der Waals surface area contributed by atoms with Gasteiger partial charge in [0, 0.05) is 24.2 Å². The zero-order valence-corrected chi connectivity index (χ0v) is 22.4. The van der Waals surface area contributed by atoms with Crippen LogP contribution in [0.1, 0.15) is 54.4 Å². The molecule has 2 aliphatic rings. The number of sulfone groups is 2. The average Bonchev–Trinajstić information content (AvgIpc) is 2.56. The molecular formula is C20H40N4O8S2. The van der Waals surface area contributed by atoms with E-state index < -0.39 is 55.1 Å². The highest BCUT2D eigenvalue weighted by Crippen LogP contribution is 2.14. The van der Waals surface area contributed by atoms with Gasteiger partial charge in [-0.15, -0.1) is 0 Å². The number of amides is 2. The van der Waals surface area contributed by atoms with Gasteiger partial charge in [-0.1, -0.05) is 0 Å². The van der Waals surface area contributed by atoms with E-state index in [1.807, 2.05) is 0 Å². The van der Waals surface area contributed by atoms with Gasteiger partial charge in [0.1, 0.15) is 11.2 Å². The van der Waals surface area contributed by atoms with Crippen molar-refractivity contribution in [3.8, 4) is 0 Å². The van der Waals surface area contributed by atoms with Crippen LogP contribution < -0.4 is 22.1 Å². The van der Waals surface area contributed by atoms with Crippen molar-refractivity contribution in [3.63, 3.8) is 0 Å². The molecule has 14 heteroatoms. The maximum absolute atomic E-state index is 11.5. The third-order valence-corrected chi connectivity index (χ3v) is 8.31. The standard InChI is InChI=1S/2C10H20N2O4S/c2*1-10(2,3)16-9(13)12-8-4-5-17(14,15)6-7(8)11/h2*7-8H,4-6,11H2,1-3H3,(H,12,13)/t7-,8+;7-,8-/m11/s1. The Morgan fingerprint density at radius 3 is 1.24 bits per heavy atom. The molecule has 2 saturated heterocycles. The monoisotopic (exact) mass is 528 g/mol. The quantitative estimate of drug-likeness (QED) is 0.380. The molecule has 2 aliphatic heterocycles. The summed E-state index contributed by atoms with van der Waals surface area (Å²) in [6.07, 6.45) is -0.444. The number of carbonyl (C=O) groups is 2. The fourth-order valence-electron chi connectivity index (χ4n) is 3.30. The Labute approximate surface area is 202 Å². The van der Waals surface area contributed by atoms with Crippen LogP contribution >= 0.6 is 0 Å². The molecule has 2 heterocycles. The topological polar surface area (TPSA) is 197 Å². The van der Waals surface area contributed by atoms with Crippen LogP contribution in [0.3, 0.4) is 0 Å². The second kappa shape index (κ2) is 11.4. The molecule has 0 aromatic rings. The Balaban J connectivity index is 0.000000340. The summed E-state index contributed by atoms with van der Waals surface area (Å²) in [5, 5.41) is 5.22. The van der Waals surface area contributed by atoms with Gasteiger partial charge in [-0.25, -0.2) is 26.4 Å². The van der Waals surface area contributed by atoms with E-state index in [-0.39, 0.29) is 35.1 Å². The Bertz CT molecular complexity index is 847. The van der Waals surface area contributed by atoms with Crippen LogP contribution in [0.25, 0.3) is 0 Å². The van der Waals surface area contributed by atoms with Crippen LogP contribution in [0.2, 0.25) is 0 Å². The lowest BCUT2D eigenvalue weighted by Crippen LogP contribution is -2.55. The van der Waals surface area contributed by atoms with Crippen molar-refractivity contribution in [2.75, 3.05) is 23.0 Å². The van der Waals surface area contributed by atoms with Crippen molar-refractivity contribution in [2.45, 2.75) is 89.8 Å². The van der Waals surface area contributed by atoms with Gasteiger partial charge in [0.15, 0.2) is 19.7 Å². The molecule has 0 aliphatic carbocycles. The summed E-state index contributed by atoms with van der Waals surface area (Å²) in [5.41, 5.74) is 10.3. The van der Waals surface area contributed by atoms with E-state index in [2.05, 4.69) is 10.6 Å². The minimum absolute atomic E-state index is 0.0567. The molecule has 4 atom stereocenters. The molecule has 34 heavy (non-hydrogen) atoms. The number of alkyl carbamates (subject to hydrolysis) is 2. The smallest absolute Gasteiger partial charge is 0.407 e. The van der Waals surface area contributed by atoms with Crippen LogP contribution in [0.5, 0.6) is 0 Å².